The minimum atomic E-state index is -0.190. The van der Waals surface area contributed by atoms with Crippen LogP contribution in [0.1, 0.15) is 31.9 Å². The molecule has 1 fully saturated rings. The molecule has 0 aliphatic carbocycles. The second-order valence-electron chi connectivity index (χ2n) is 7.31. The molecule has 2 aromatic rings. The normalized spacial score (nSPS) is 21.0. The highest BCUT2D eigenvalue weighted by Crippen LogP contribution is 2.36. The maximum absolute atomic E-state index is 13.3. The van der Waals surface area contributed by atoms with Gasteiger partial charge in [0.1, 0.15) is 5.82 Å². The van der Waals surface area contributed by atoms with Crippen LogP contribution < -0.4 is 10.2 Å². The van der Waals surface area contributed by atoms with Crippen LogP contribution in [0.5, 0.6) is 0 Å². The molecule has 4 rings (SSSR count). The van der Waals surface area contributed by atoms with Gasteiger partial charge in [-0.15, -0.1) is 0 Å². The summed E-state index contributed by atoms with van der Waals surface area (Å²) in [6.07, 6.45) is 4.41. The van der Waals surface area contributed by atoms with Crippen LogP contribution in [0.15, 0.2) is 42.2 Å². The molecular formula is C20H21Cl2N5O2. The summed E-state index contributed by atoms with van der Waals surface area (Å²) in [6, 6.07) is 6.98. The first-order chi connectivity index (χ1) is 13.8. The van der Waals surface area contributed by atoms with E-state index in [1.54, 1.807) is 26.7 Å². The largest absolute Gasteiger partial charge is 0.352 e. The number of carbonyl (C=O) groups excluding carboxylic acids is 2. The van der Waals surface area contributed by atoms with Crippen LogP contribution in [0.25, 0.3) is 0 Å². The molecule has 1 saturated heterocycles. The van der Waals surface area contributed by atoms with Gasteiger partial charge in [0.05, 0.1) is 22.3 Å². The van der Waals surface area contributed by atoms with Crippen molar-refractivity contribution in [1.82, 2.24) is 20.0 Å². The number of carbonyl (C=O) groups is 2. The zero-order chi connectivity index (χ0) is 20.7. The first-order valence-electron chi connectivity index (χ1n) is 9.38. The van der Waals surface area contributed by atoms with Crippen molar-refractivity contribution in [3.63, 3.8) is 0 Å². The molecule has 3 amide bonds. The zero-order valence-corrected chi connectivity index (χ0v) is 17.6. The van der Waals surface area contributed by atoms with Gasteiger partial charge in [-0.25, -0.2) is 9.48 Å². The Balaban J connectivity index is 1.62. The van der Waals surface area contributed by atoms with E-state index in [2.05, 4.69) is 10.4 Å². The van der Waals surface area contributed by atoms with Gasteiger partial charge in [-0.1, -0.05) is 29.3 Å². The lowest BCUT2D eigenvalue weighted by atomic mass is 10.0. The lowest BCUT2D eigenvalue weighted by molar-refractivity contribution is -0.119. The first kappa shape index (κ1) is 19.8. The van der Waals surface area contributed by atoms with Gasteiger partial charge < -0.3 is 10.2 Å². The molecule has 0 spiro atoms. The number of amides is 3. The maximum atomic E-state index is 13.3. The third kappa shape index (κ3) is 3.72. The summed E-state index contributed by atoms with van der Waals surface area (Å²) < 4.78 is 1.80. The van der Waals surface area contributed by atoms with Crippen LogP contribution in [-0.2, 0) is 4.79 Å². The van der Waals surface area contributed by atoms with Gasteiger partial charge in [-0.2, -0.15) is 5.10 Å². The molecule has 2 unspecified atom stereocenters. The molecule has 9 heteroatoms. The molecule has 2 atom stereocenters. The Morgan fingerprint density at radius 1 is 1.21 bits per heavy atom. The van der Waals surface area contributed by atoms with E-state index in [-0.39, 0.29) is 24.0 Å². The number of hydrogen-bond donors (Lipinski definition) is 1. The highest BCUT2D eigenvalue weighted by Gasteiger charge is 2.35. The summed E-state index contributed by atoms with van der Waals surface area (Å²) in [4.78, 5) is 28.0. The fourth-order valence-electron chi connectivity index (χ4n) is 3.92. The molecule has 0 bridgehead atoms. The smallest absolute Gasteiger partial charge is 0.330 e. The van der Waals surface area contributed by atoms with Gasteiger partial charge >= 0.3 is 6.03 Å². The molecule has 2 aliphatic rings. The number of halogens is 2. The minimum absolute atomic E-state index is 0.0144. The Kier molecular flexibility index (Phi) is 5.27. The summed E-state index contributed by atoms with van der Waals surface area (Å²) >= 11 is 12.3. The molecule has 1 aromatic heterocycles. The Bertz CT molecular complexity index is 1000. The van der Waals surface area contributed by atoms with Gasteiger partial charge in [-0.3, -0.25) is 9.69 Å². The van der Waals surface area contributed by atoms with Crippen molar-refractivity contribution in [3.8, 4) is 0 Å². The lowest BCUT2D eigenvalue weighted by Gasteiger charge is -2.34. The van der Waals surface area contributed by atoms with E-state index in [4.69, 9.17) is 23.2 Å². The van der Waals surface area contributed by atoms with E-state index in [0.717, 1.165) is 17.7 Å². The molecular weight excluding hydrogens is 413 g/mol. The average Bonchev–Trinajstić information content (AvgIpc) is 3.32. The number of urea groups is 1. The predicted octanol–water partition coefficient (Wildman–Crippen LogP) is 3.83. The maximum Gasteiger partial charge on any atom is 0.330 e. The van der Waals surface area contributed by atoms with Crippen molar-refractivity contribution in [2.24, 2.45) is 0 Å². The quantitative estimate of drug-likeness (QED) is 0.781. The number of rotatable bonds is 2. The average molecular weight is 434 g/mol. The van der Waals surface area contributed by atoms with E-state index in [0.29, 0.717) is 29.0 Å². The van der Waals surface area contributed by atoms with Gasteiger partial charge in [0.15, 0.2) is 0 Å². The Morgan fingerprint density at radius 2 is 2.00 bits per heavy atom. The van der Waals surface area contributed by atoms with Crippen LogP contribution >= 0.6 is 23.2 Å². The molecule has 0 saturated carbocycles. The van der Waals surface area contributed by atoms with E-state index < -0.39 is 0 Å². The van der Waals surface area contributed by atoms with Crippen molar-refractivity contribution in [3.05, 3.63) is 57.8 Å². The first-order valence-corrected chi connectivity index (χ1v) is 10.1. The lowest BCUT2D eigenvalue weighted by Crippen LogP contribution is -2.45. The Morgan fingerprint density at radius 3 is 2.72 bits per heavy atom. The molecule has 1 N–H and O–H groups in total. The van der Waals surface area contributed by atoms with Gasteiger partial charge in [0, 0.05) is 37.8 Å². The van der Waals surface area contributed by atoms with Crippen LogP contribution in [0.3, 0.4) is 0 Å². The number of nitrogens with zero attached hydrogens (tertiary/aromatic N) is 4. The van der Waals surface area contributed by atoms with Crippen LogP contribution in [0, 0.1) is 0 Å². The van der Waals surface area contributed by atoms with Crippen molar-refractivity contribution in [2.75, 3.05) is 18.0 Å². The number of hydrogen-bond acceptors (Lipinski definition) is 3. The number of benzene rings is 1. The topological polar surface area (TPSA) is 70.5 Å². The predicted molar refractivity (Wildman–Crippen MR) is 112 cm³/mol. The van der Waals surface area contributed by atoms with E-state index >= 15 is 0 Å². The molecule has 3 heterocycles. The highest BCUT2D eigenvalue weighted by molar-refractivity contribution is 6.42. The third-order valence-electron chi connectivity index (χ3n) is 5.24. The number of aromatic nitrogens is 2. The second kappa shape index (κ2) is 7.72. The fourth-order valence-corrected chi connectivity index (χ4v) is 4.22. The van der Waals surface area contributed by atoms with Crippen molar-refractivity contribution < 1.29 is 9.59 Å². The molecule has 152 valence electrons. The number of likely N-dealkylation sites (tertiary alicyclic amines) is 1. The standard InChI is InChI=1S/C20H21Cl2N5O2/c1-12-9-18(14-3-4-16(21)17(22)10-14)27-19(5-7-23-27)26(12)20(29)25-8-6-15(11-25)24-13(2)28/h3-5,7,9-10,15,18H,6,8,11H2,1-2H3,(H,24,28). The van der Waals surface area contributed by atoms with E-state index in [1.807, 2.05) is 31.2 Å². The SMILES string of the molecule is CC(=O)NC1CCN(C(=O)N2C(C)=CC(c3ccc(Cl)c(Cl)c3)n3nccc32)C1. The fraction of sp³-hybridized carbons (Fsp3) is 0.350. The van der Waals surface area contributed by atoms with Crippen molar-refractivity contribution >= 4 is 41.0 Å². The monoisotopic (exact) mass is 433 g/mol. The van der Waals surface area contributed by atoms with Crippen LogP contribution in [-0.4, -0.2) is 45.8 Å². The molecule has 2 aliphatic heterocycles. The van der Waals surface area contributed by atoms with Crippen molar-refractivity contribution in [2.45, 2.75) is 32.4 Å². The van der Waals surface area contributed by atoms with E-state index in [1.165, 1.54) is 6.92 Å². The summed E-state index contributed by atoms with van der Waals surface area (Å²) in [7, 11) is 0. The molecule has 0 radical (unpaired) electrons. The Hall–Kier alpha value is -2.51. The van der Waals surface area contributed by atoms with Gasteiger partial charge in [0.2, 0.25) is 5.91 Å². The number of nitrogens with one attached hydrogen (secondary N) is 1. The number of fused-ring (bicyclic) bond motifs is 1. The molecule has 7 nitrogen and oxygen atoms in total. The summed E-state index contributed by atoms with van der Waals surface area (Å²) in [5.74, 6) is 0.606. The van der Waals surface area contributed by atoms with Crippen LogP contribution in [0.4, 0.5) is 10.6 Å². The van der Waals surface area contributed by atoms with Gasteiger partial charge in [0.25, 0.3) is 0 Å². The second-order valence-corrected chi connectivity index (χ2v) is 8.12. The van der Waals surface area contributed by atoms with Crippen molar-refractivity contribution in [1.29, 1.82) is 0 Å². The zero-order valence-electron chi connectivity index (χ0n) is 16.1. The number of anilines is 1. The summed E-state index contributed by atoms with van der Waals surface area (Å²) in [5.41, 5.74) is 1.74. The van der Waals surface area contributed by atoms with Crippen LogP contribution in [0.2, 0.25) is 10.0 Å². The summed E-state index contributed by atoms with van der Waals surface area (Å²) in [5, 5.41) is 8.30. The highest BCUT2D eigenvalue weighted by atomic mass is 35.5. The van der Waals surface area contributed by atoms with Gasteiger partial charge in [-0.05, 0) is 37.1 Å². The third-order valence-corrected chi connectivity index (χ3v) is 5.98. The Labute approximate surface area is 178 Å². The minimum Gasteiger partial charge on any atom is -0.352 e. The number of allylic oxidation sites excluding steroid dienone is 2. The molecule has 29 heavy (non-hydrogen) atoms. The summed E-state index contributed by atoms with van der Waals surface area (Å²) in [6.45, 7) is 4.48. The molecule has 1 aromatic carbocycles. The van der Waals surface area contributed by atoms with E-state index in [9.17, 15) is 9.59 Å².